The summed E-state index contributed by atoms with van der Waals surface area (Å²) in [6.45, 7) is 3.74. The summed E-state index contributed by atoms with van der Waals surface area (Å²) in [5, 5.41) is 10.2. The van der Waals surface area contributed by atoms with Gasteiger partial charge in [0.05, 0.1) is 11.5 Å². The topological polar surface area (TPSA) is 60.9 Å². The quantitative estimate of drug-likeness (QED) is 0.571. The zero-order valence-corrected chi connectivity index (χ0v) is 20.7. The number of hydrogen-bond acceptors (Lipinski definition) is 4. The molecule has 0 unspecified atom stereocenters. The summed E-state index contributed by atoms with van der Waals surface area (Å²) in [4.78, 5) is 2.37. The molecule has 7 heteroatoms. The van der Waals surface area contributed by atoms with Gasteiger partial charge in [-0.1, -0.05) is 54.1 Å². The average molecular weight is 495 g/mol. The minimum absolute atomic E-state index is 0.0208. The highest BCUT2D eigenvalue weighted by Gasteiger charge is 2.50. The Bertz CT molecular complexity index is 1280. The number of benzene rings is 3. The average Bonchev–Trinajstić information content (AvgIpc) is 2.83. The largest absolute Gasteiger partial charge is 0.395 e. The van der Waals surface area contributed by atoms with Gasteiger partial charge in [0.2, 0.25) is 10.0 Å². The van der Waals surface area contributed by atoms with E-state index in [0.717, 1.165) is 36.1 Å². The molecule has 0 radical (unpaired) electrons. The molecular formula is C28H31FN2O3S. The van der Waals surface area contributed by atoms with Crippen LogP contribution in [0, 0.1) is 12.7 Å². The summed E-state index contributed by atoms with van der Waals surface area (Å²) in [6.07, 6.45) is 1.61. The lowest BCUT2D eigenvalue weighted by Crippen LogP contribution is -2.67. The number of hydrogen-bond donors (Lipinski definition) is 1. The first-order chi connectivity index (χ1) is 16.9. The molecule has 35 heavy (non-hydrogen) atoms. The van der Waals surface area contributed by atoms with Gasteiger partial charge in [0.15, 0.2) is 0 Å². The minimum Gasteiger partial charge on any atom is -0.395 e. The van der Waals surface area contributed by atoms with E-state index < -0.39 is 15.8 Å². The predicted octanol–water partition coefficient (Wildman–Crippen LogP) is 4.41. The molecule has 3 aromatic carbocycles. The Hall–Kier alpha value is -2.58. The molecule has 0 amide bonds. The van der Waals surface area contributed by atoms with E-state index in [0.29, 0.717) is 13.1 Å². The SMILES string of the molecule is Cc1cccc(-c2ccc([C@@H]3[C@@H](CO)N4CCCCN(S(=O)(=O)c5ccc(F)cc5)C[C@@H]34)cc2)c1. The number of rotatable bonds is 5. The number of halogens is 1. The molecule has 3 atom stereocenters. The summed E-state index contributed by atoms with van der Waals surface area (Å²) in [5.74, 6) is -0.419. The molecule has 5 rings (SSSR count). The normalized spacial score (nSPS) is 23.7. The van der Waals surface area contributed by atoms with Crippen molar-refractivity contribution in [2.45, 2.75) is 42.7 Å². The lowest BCUT2D eigenvalue weighted by Gasteiger charge is -2.57. The van der Waals surface area contributed by atoms with Gasteiger partial charge < -0.3 is 5.11 Å². The lowest BCUT2D eigenvalue weighted by molar-refractivity contribution is -0.0553. The van der Waals surface area contributed by atoms with Gasteiger partial charge in [0.1, 0.15) is 5.82 Å². The Kier molecular flexibility index (Phi) is 6.77. The van der Waals surface area contributed by atoms with E-state index in [-0.39, 0.29) is 29.5 Å². The van der Waals surface area contributed by atoms with Crippen LogP contribution in [0.1, 0.15) is 29.9 Å². The Morgan fingerprint density at radius 1 is 0.943 bits per heavy atom. The number of aliphatic hydroxyl groups excluding tert-OH is 1. The first kappa shape index (κ1) is 24.1. The van der Waals surface area contributed by atoms with Crippen LogP contribution in [0.15, 0.2) is 77.7 Å². The Morgan fingerprint density at radius 3 is 2.34 bits per heavy atom. The molecule has 0 bridgehead atoms. The predicted molar refractivity (Wildman–Crippen MR) is 135 cm³/mol. The second kappa shape index (κ2) is 9.82. The number of fused-ring (bicyclic) bond motifs is 1. The second-order valence-corrected chi connectivity index (χ2v) is 11.5. The monoisotopic (exact) mass is 494 g/mol. The van der Waals surface area contributed by atoms with E-state index in [1.807, 2.05) is 0 Å². The molecule has 2 saturated heterocycles. The highest BCUT2D eigenvalue weighted by atomic mass is 32.2. The number of sulfonamides is 1. The van der Waals surface area contributed by atoms with Gasteiger partial charge in [-0.05, 0) is 67.3 Å². The van der Waals surface area contributed by atoms with E-state index in [9.17, 15) is 17.9 Å². The molecule has 3 aromatic rings. The molecule has 0 spiro atoms. The van der Waals surface area contributed by atoms with Crippen LogP contribution in [0.5, 0.6) is 0 Å². The molecule has 2 fully saturated rings. The Balaban J connectivity index is 1.42. The van der Waals surface area contributed by atoms with Crippen LogP contribution in [0.2, 0.25) is 0 Å². The summed E-state index contributed by atoms with van der Waals surface area (Å²) in [6, 6.07) is 21.8. The van der Waals surface area contributed by atoms with Crippen LogP contribution in [0.3, 0.4) is 0 Å². The van der Waals surface area contributed by atoms with E-state index in [4.69, 9.17) is 0 Å². The highest BCUT2D eigenvalue weighted by Crippen LogP contribution is 2.43. The van der Waals surface area contributed by atoms with E-state index in [2.05, 4.69) is 60.4 Å². The molecule has 2 heterocycles. The second-order valence-electron chi connectivity index (χ2n) is 9.60. The third-order valence-electron chi connectivity index (χ3n) is 7.43. The van der Waals surface area contributed by atoms with Crippen molar-refractivity contribution in [2.24, 2.45) is 0 Å². The maximum absolute atomic E-state index is 13.4. The van der Waals surface area contributed by atoms with Crippen LogP contribution in [-0.4, -0.2) is 61.1 Å². The third-order valence-corrected chi connectivity index (χ3v) is 9.31. The third kappa shape index (κ3) is 4.66. The van der Waals surface area contributed by atoms with Crippen LogP contribution >= 0.6 is 0 Å². The van der Waals surface area contributed by atoms with Gasteiger partial charge in [-0.15, -0.1) is 0 Å². The van der Waals surface area contributed by atoms with Crippen molar-refractivity contribution in [1.82, 2.24) is 9.21 Å². The zero-order chi connectivity index (χ0) is 24.6. The number of aliphatic hydroxyl groups is 1. The first-order valence-electron chi connectivity index (χ1n) is 12.2. The summed E-state index contributed by atoms with van der Waals surface area (Å²) >= 11 is 0. The van der Waals surface area contributed by atoms with Gasteiger partial charge in [0, 0.05) is 31.1 Å². The van der Waals surface area contributed by atoms with E-state index >= 15 is 0 Å². The molecule has 0 aromatic heterocycles. The first-order valence-corrected chi connectivity index (χ1v) is 13.6. The fourth-order valence-corrected chi connectivity index (χ4v) is 7.10. The summed E-state index contributed by atoms with van der Waals surface area (Å²) < 4.78 is 41.7. The maximum atomic E-state index is 13.4. The van der Waals surface area contributed by atoms with E-state index in [1.54, 1.807) is 4.31 Å². The van der Waals surface area contributed by atoms with Crippen molar-refractivity contribution in [3.05, 3.63) is 89.7 Å². The van der Waals surface area contributed by atoms with Crippen molar-refractivity contribution >= 4 is 10.0 Å². The summed E-state index contributed by atoms with van der Waals surface area (Å²) in [7, 11) is -3.74. The van der Waals surface area contributed by atoms with Gasteiger partial charge in [0.25, 0.3) is 0 Å². The summed E-state index contributed by atoms with van der Waals surface area (Å²) in [5.41, 5.74) is 4.61. The lowest BCUT2D eigenvalue weighted by atomic mass is 9.74. The van der Waals surface area contributed by atoms with Crippen molar-refractivity contribution < 1.29 is 17.9 Å². The fraction of sp³-hybridized carbons (Fsp3) is 0.357. The number of nitrogens with zero attached hydrogens (tertiary/aromatic N) is 2. The van der Waals surface area contributed by atoms with Gasteiger partial charge >= 0.3 is 0 Å². The van der Waals surface area contributed by atoms with Crippen LogP contribution < -0.4 is 0 Å². The fourth-order valence-electron chi connectivity index (χ4n) is 5.61. The highest BCUT2D eigenvalue weighted by molar-refractivity contribution is 7.89. The zero-order valence-electron chi connectivity index (χ0n) is 19.8. The van der Waals surface area contributed by atoms with Crippen LogP contribution in [0.25, 0.3) is 11.1 Å². The van der Waals surface area contributed by atoms with E-state index in [1.165, 1.54) is 29.8 Å². The smallest absolute Gasteiger partial charge is 0.243 e. The Morgan fingerprint density at radius 2 is 1.66 bits per heavy atom. The molecule has 0 aliphatic carbocycles. The van der Waals surface area contributed by atoms with Gasteiger partial charge in [-0.2, -0.15) is 4.31 Å². The molecule has 1 N–H and O–H groups in total. The van der Waals surface area contributed by atoms with Crippen molar-refractivity contribution in [2.75, 3.05) is 26.2 Å². The van der Waals surface area contributed by atoms with Crippen molar-refractivity contribution in [3.8, 4) is 11.1 Å². The standard InChI is InChI=1S/C28H31FN2O3S/c1-20-5-4-6-23(17-20)21-7-9-22(10-8-21)28-26-18-30(15-2-3-16-31(26)27(28)19-32)35(33,34)25-13-11-24(29)12-14-25/h4-14,17,26-28,32H,2-3,15-16,18-19H2,1H3/t26-,27+,28-/m0/s1. The van der Waals surface area contributed by atoms with Gasteiger partial charge in [-0.25, -0.2) is 12.8 Å². The molecule has 184 valence electrons. The molecular weight excluding hydrogens is 463 g/mol. The van der Waals surface area contributed by atoms with Crippen LogP contribution in [-0.2, 0) is 10.0 Å². The van der Waals surface area contributed by atoms with Crippen LogP contribution in [0.4, 0.5) is 4.39 Å². The Labute approximate surface area is 206 Å². The maximum Gasteiger partial charge on any atom is 0.243 e. The van der Waals surface area contributed by atoms with Crippen molar-refractivity contribution in [3.63, 3.8) is 0 Å². The molecule has 2 aliphatic rings. The molecule has 5 nitrogen and oxygen atoms in total. The van der Waals surface area contributed by atoms with Crippen molar-refractivity contribution in [1.29, 1.82) is 0 Å². The minimum atomic E-state index is -3.74. The number of aryl methyl sites for hydroxylation is 1. The molecule has 2 aliphatic heterocycles. The van der Waals surface area contributed by atoms with Gasteiger partial charge in [-0.3, -0.25) is 4.90 Å². The molecule has 0 saturated carbocycles.